The minimum Gasteiger partial charge on any atom is -0.366 e. The molecule has 0 radical (unpaired) electrons. The van der Waals surface area contributed by atoms with Crippen LogP contribution in [0.2, 0.25) is 0 Å². The largest absolute Gasteiger partial charge is 0.366 e. The minimum atomic E-state index is -3.64. The molecule has 1 N–H and O–H groups in total. The Morgan fingerprint density at radius 2 is 2.00 bits per heavy atom. The Morgan fingerprint density at radius 3 is 2.52 bits per heavy atom. The van der Waals surface area contributed by atoms with E-state index >= 15 is 0 Å². The molecular formula is C15H23N3O4S. The number of benzene rings is 1. The average Bonchev–Trinajstić information content (AvgIpc) is 2.51. The molecule has 0 unspecified atom stereocenters. The van der Waals surface area contributed by atoms with Gasteiger partial charge in [-0.25, -0.2) is 8.42 Å². The molecule has 0 aromatic heterocycles. The molecule has 0 bridgehead atoms. The van der Waals surface area contributed by atoms with Crippen LogP contribution in [-0.4, -0.2) is 46.3 Å². The van der Waals surface area contributed by atoms with Gasteiger partial charge in [-0.05, 0) is 50.9 Å². The minimum absolute atomic E-state index is 0.211. The third kappa shape index (κ3) is 4.20. The molecule has 0 amide bonds. The number of hydrogen-bond donors (Lipinski definition) is 1. The van der Waals surface area contributed by atoms with Gasteiger partial charge in [0.05, 0.1) is 4.92 Å². The highest BCUT2D eigenvalue weighted by molar-refractivity contribution is 7.90. The Bertz CT molecular complexity index is 667. The SMILES string of the molecule is CNCCC1CCN(c2cccc(S(C)(=O)=O)c2[N+](=O)[O-])CC1. The summed E-state index contributed by atoms with van der Waals surface area (Å²) < 4.78 is 23.7. The zero-order chi connectivity index (χ0) is 17.0. The number of piperidine rings is 1. The molecule has 0 aliphatic carbocycles. The lowest BCUT2D eigenvalue weighted by Crippen LogP contribution is -2.35. The molecule has 1 aliphatic heterocycles. The van der Waals surface area contributed by atoms with Gasteiger partial charge < -0.3 is 10.2 Å². The van der Waals surface area contributed by atoms with Crippen molar-refractivity contribution in [1.29, 1.82) is 0 Å². The van der Waals surface area contributed by atoms with Crippen molar-refractivity contribution in [1.82, 2.24) is 5.32 Å². The first-order valence-corrected chi connectivity index (χ1v) is 9.60. The van der Waals surface area contributed by atoms with E-state index in [9.17, 15) is 18.5 Å². The second kappa shape index (κ2) is 7.27. The molecule has 2 rings (SSSR count). The third-order valence-electron chi connectivity index (χ3n) is 4.32. The monoisotopic (exact) mass is 341 g/mol. The predicted molar refractivity (Wildman–Crippen MR) is 89.7 cm³/mol. The standard InChI is InChI=1S/C15H23N3O4S/c1-16-9-6-12-7-10-17(11-8-12)13-4-3-5-14(23(2,21)22)15(13)18(19)20/h3-5,12,16H,6-11H2,1-2H3. The van der Waals surface area contributed by atoms with E-state index in [1.807, 2.05) is 11.9 Å². The maximum atomic E-state index is 11.8. The van der Waals surface area contributed by atoms with Crippen molar-refractivity contribution < 1.29 is 13.3 Å². The van der Waals surface area contributed by atoms with Gasteiger partial charge in [-0.1, -0.05) is 6.07 Å². The van der Waals surface area contributed by atoms with Crippen LogP contribution in [0, 0.1) is 16.0 Å². The second-order valence-electron chi connectivity index (χ2n) is 5.98. The highest BCUT2D eigenvalue weighted by Crippen LogP contribution is 2.36. The van der Waals surface area contributed by atoms with Gasteiger partial charge in [0.2, 0.25) is 0 Å². The summed E-state index contributed by atoms with van der Waals surface area (Å²) in [6.45, 7) is 2.39. The van der Waals surface area contributed by atoms with Crippen LogP contribution in [-0.2, 0) is 9.84 Å². The maximum absolute atomic E-state index is 11.8. The van der Waals surface area contributed by atoms with Crippen LogP contribution in [0.15, 0.2) is 23.1 Å². The lowest BCUT2D eigenvalue weighted by Gasteiger charge is -2.33. The lowest BCUT2D eigenvalue weighted by atomic mass is 9.93. The number of nitro groups is 1. The molecule has 7 nitrogen and oxygen atoms in total. The molecule has 128 valence electrons. The van der Waals surface area contributed by atoms with Crippen molar-refractivity contribution in [2.24, 2.45) is 5.92 Å². The van der Waals surface area contributed by atoms with E-state index in [1.165, 1.54) is 6.07 Å². The van der Waals surface area contributed by atoms with E-state index in [2.05, 4.69) is 5.32 Å². The highest BCUT2D eigenvalue weighted by atomic mass is 32.2. The van der Waals surface area contributed by atoms with Crippen molar-refractivity contribution in [3.8, 4) is 0 Å². The maximum Gasteiger partial charge on any atom is 0.311 e. The fourth-order valence-electron chi connectivity index (χ4n) is 3.06. The zero-order valence-corrected chi connectivity index (χ0v) is 14.3. The number of hydrogen-bond acceptors (Lipinski definition) is 6. The Kier molecular flexibility index (Phi) is 5.59. The number of nitrogens with zero attached hydrogens (tertiary/aromatic N) is 2. The van der Waals surface area contributed by atoms with Crippen molar-refractivity contribution in [2.75, 3.05) is 37.8 Å². The van der Waals surface area contributed by atoms with Gasteiger partial charge in [0.25, 0.3) is 0 Å². The zero-order valence-electron chi connectivity index (χ0n) is 13.5. The van der Waals surface area contributed by atoms with E-state index in [0.29, 0.717) is 24.7 Å². The van der Waals surface area contributed by atoms with Crippen molar-refractivity contribution in [2.45, 2.75) is 24.2 Å². The van der Waals surface area contributed by atoms with Crippen molar-refractivity contribution >= 4 is 21.2 Å². The number of nitrogens with one attached hydrogen (secondary N) is 1. The smallest absolute Gasteiger partial charge is 0.311 e. The van der Waals surface area contributed by atoms with Crippen molar-refractivity contribution in [3.63, 3.8) is 0 Å². The van der Waals surface area contributed by atoms with E-state index in [4.69, 9.17) is 0 Å². The fourth-order valence-corrected chi connectivity index (χ4v) is 3.92. The Morgan fingerprint density at radius 1 is 1.35 bits per heavy atom. The molecule has 1 aliphatic rings. The number of para-hydroxylation sites is 1. The van der Waals surface area contributed by atoms with Gasteiger partial charge in [0.1, 0.15) is 10.6 Å². The first-order chi connectivity index (χ1) is 10.8. The van der Waals surface area contributed by atoms with E-state index in [1.54, 1.807) is 12.1 Å². The molecule has 1 aromatic rings. The first-order valence-electron chi connectivity index (χ1n) is 7.71. The molecule has 8 heteroatoms. The average molecular weight is 341 g/mol. The number of anilines is 1. The van der Waals surface area contributed by atoms with Crippen LogP contribution >= 0.6 is 0 Å². The molecule has 0 spiro atoms. The van der Waals surface area contributed by atoms with E-state index in [0.717, 1.165) is 32.1 Å². The second-order valence-corrected chi connectivity index (χ2v) is 7.96. The Hall–Kier alpha value is -1.67. The molecule has 1 fully saturated rings. The topological polar surface area (TPSA) is 92.6 Å². The van der Waals surface area contributed by atoms with Crippen LogP contribution < -0.4 is 10.2 Å². The number of rotatable bonds is 6. The fraction of sp³-hybridized carbons (Fsp3) is 0.600. The molecular weight excluding hydrogens is 318 g/mol. The quantitative estimate of drug-likeness (QED) is 0.627. The Labute approximate surface area is 136 Å². The van der Waals surface area contributed by atoms with Crippen LogP contribution in [0.5, 0.6) is 0 Å². The van der Waals surface area contributed by atoms with Crippen LogP contribution in [0.3, 0.4) is 0 Å². The highest BCUT2D eigenvalue weighted by Gasteiger charge is 2.30. The number of sulfone groups is 1. The molecule has 1 saturated heterocycles. The van der Waals surface area contributed by atoms with Crippen LogP contribution in [0.1, 0.15) is 19.3 Å². The molecule has 1 heterocycles. The van der Waals surface area contributed by atoms with Gasteiger partial charge in [-0.2, -0.15) is 0 Å². The van der Waals surface area contributed by atoms with Gasteiger partial charge in [0, 0.05) is 19.3 Å². The summed E-state index contributed by atoms with van der Waals surface area (Å²) in [5, 5.41) is 14.6. The Balaban J connectivity index is 2.26. The van der Waals surface area contributed by atoms with Crippen LogP contribution in [0.4, 0.5) is 11.4 Å². The summed E-state index contributed by atoms with van der Waals surface area (Å²) >= 11 is 0. The van der Waals surface area contributed by atoms with Gasteiger partial charge in [0.15, 0.2) is 9.84 Å². The predicted octanol–water partition coefficient (Wildman–Crippen LogP) is 1.82. The first kappa shape index (κ1) is 17.7. The van der Waals surface area contributed by atoms with Gasteiger partial charge >= 0.3 is 5.69 Å². The normalized spacial score (nSPS) is 16.5. The summed E-state index contributed by atoms with van der Waals surface area (Å²) in [6, 6.07) is 4.52. The van der Waals surface area contributed by atoms with Crippen molar-refractivity contribution in [3.05, 3.63) is 28.3 Å². The van der Waals surface area contributed by atoms with Gasteiger partial charge in [-0.15, -0.1) is 0 Å². The lowest BCUT2D eigenvalue weighted by molar-refractivity contribution is -0.387. The summed E-state index contributed by atoms with van der Waals surface area (Å²) in [6.07, 6.45) is 4.02. The summed E-state index contributed by atoms with van der Waals surface area (Å²) in [4.78, 5) is 12.6. The number of nitro benzene ring substituents is 1. The van der Waals surface area contributed by atoms with Gasteiger partial charge in [-0.3, -0.25) is 10.1 Å². The molecule has 0 atom stereocenters. The molecule has 0 saturated carbocycles. The third-order valence-corrected chi connectivity index (χ3v) is 5.45. The van der Waals surface area contributed by atoms with E-state index < -0.39 is 14.8 Å². The molecule has 1 aromatic carbocycles. The summed E-state index contributed by atoms with van der Waals surface area (Å²) in [7, 11) is -1.71. The molecule has 23 heavy (non-hydrogen) atoms. The summed E-state index contributed by atoms with van der Waals surface area (Å²) in [5.74, 6) is 0.607. The van der Waals surface area contributed by atoms with E-state index in [-0.39, 0.29) is 10.6 Å². The van der Waals surface area contributed by atoms with Crippen LogP contribution in [0.25, 0.3) is 0 Å². The summed E-state index contributed by atoms with van der Waals surface area (Å²) in [5.41, 5.74) is 0.105.